The van der Waals surface area contributed by atoms with Crippen LogP contribution in [0.1, 0.15) is 31.4 Å². The minimum absolute atomic E-state index is 0.322. The van der Waals surface area contributed by atoms with E-state index in [1.165, 1.54) is 18.4 Å². The van der Waals surface area contributed by atoms with Gasteiger partial charge in [-0.15, -0.1) is 0 Å². The standard InChI is InChI=1S/C15H23NO/c1-12(13-8-9-13)10-16-15(11-17-2)14-6-4-3-5-7-14/h3-7,12-13,15-16H,8-11H2,1-2H3. The Balaban J connectivity index is 1.88. The van der Waals surface area contributed by atoms with Crippen LogP contribution >= 0.6 is 0 Å². The van der Waals surface area contributed by atoms with Crippen LogP contribution in [0.25, 0.3) is 0 Å². The van der Waals surface area contributed by atoms with E-state index in [2.05, 4.69) is 42.6 Å². The van der Waals surface area contributed by atoms with Crippen LogP contribution in [-0.2, 0) is 4.74 Å². The van der Waals surface area contributed by atoms with Gasteiger partial charge in [0.05, 0.1) is 12.6 Å². The highest BCUT2D eigenvalue weighted by molar-refractivity contribution is 5.18. The summed E-state index contributed by atoms with van der Waals surface area (Å²) in [5.41, 5.74) is 1.32. The van der Waals surface area contributed by atoms with E-state index < -0.39 is 0 Å². The zero-order valence-corrected chi connectivity index (χ0v) is 10.9. The van der Waals surface area contributed by atoms with Crippen LogP contribution < -0.4 is 5.32 Å². The molecule has 1 aromatic rings. The van der Waals surface area contributed by atoms with Crippen molar-refractivity contribution in [1.29, 1.82) is 0 Å². The quantitative estimate of drug-likeness (QED) is 0.781. The molecule has 2 rings (SSSR count). The molecule has 1 aromatic carbocycles. The third-order valence-electron chi connectivity index (χ3n) is 3.65. The monoisotopic (exact) mass is 233 g/mol. The summed E-state index contributed by atoms with van der Waals surface area (Å²) in [6.07, 6.45) is 2.84. The fourth-order valence-electron chi connectivity index (χ4n) is 2.29. The fraction of sp³-hybridized carbons (Fsp3) is 0.600. The summed E-state index contributed by atoms with van der Waals surface area (Å²) in [7, 11) is 1.77. The first-order valence-corrected chi connectivity index (χ1v) is 6.58. The molecule has 0 radical (unpaired) electrons. The van der Waals surface area contributed by atoms with Crippen molar-refractivity contribution in [2.75, 3.05) is 20.3 Å². The normalized spacial score (nSPS) is 18.9. The summed E-state index contributed by atoms with van der Waals surface area (Å²) in [6.45, 7) is 4.18. The molecule has 0 saturated heterocycles. The van der Waals surface area contributed by atoms with Gasteiger partial charge < -0.3 is 10.1 Å². The fourth-order valence-corrected chi connectivity index (χ4v) is 2.29. The molecule has 1 N–H and O–H groups in total. The van der Waals surface area contributed by atoms with Gasteiger partial charge in [0.15, 0.2) is 0 Å². The third-order valence-corrected chi connectivity index (χ3v) is 3.65. The van der Waals surface area contributed by atoms with Gasteiger partial charge in [-0.2, -0.15) is 0 Å². The molecule has 17 heavy (non-hydrogen) atoms. The largest absolute Gasteiger partial charge is 0.383 e. The van der Waals surface area contributed by atoms with E-state index in [0.29, 0.717) is 6.04 Å². The second kappa shape index (κ2) is 6.18. The molecule has 2 unspecified atom stereocenters. The van der Waals surface area contributed by atoms with Gasteiger partial charge in [-0.3, -0.25) is 0 Å². The van der Waals surface area contributed by atoms with Gasteiger partial charge in [0.25, 0.3) is 0 Å². The molecule has 2 heteroatoms. The van der Waals surface area contributed by atoms with E-state index in [1.54, 1.807) is 7.11 Å². The number of hydrogen-bond acceptors (Lipinski definition) is 2. The first kappa shape index (κ1) is 12.6. The van der Waals surface area contributed by atoms with Crippen molar-refractivity contribution in [2.45, 2.75) is 25.8 Å². The maximum absolute atomic E-state index is 5.30. The van der Waals surface area contributed by atoms with Crippen LogP contribution in [0.2, 0.25) is 0 Å². The first-order valence-electron chi connectivity index (χ1n) is 6.58. The lowest BCUT2D eigenvalue weighted by atomic mass is 10.0. The molecular weight excluding hydrogens is 210 g/mol. The van der Waals surface area contributed by atoms with Crippen molar-refractivity contribution in [3.8, 4) is 0 Å². The molecule has 0 amide bonds. The lowest BCUT2D eigenvalue weighted by molar-refractivity contribution is 0.164. The van der Waals surface area contributed by atoms with Gasteiger partial charge in [-0.25, -0.2) is 0 Å². The average molecular weight is 233 g/mol. The molecule has 1 saturated carbocycles. The molecule has 0 aliphatic heterocycles. The van der Waals surface area contributed by atoms with Gasteiger partial charge in [-0.1, -0.05) is 37.3 Å². The molecule has 1 aliphatic rings. The van der Waals surface area contributed by atoms with Gasteiger partial charge in [0.2, 0.25) is 0 Å². The van der Waals surface area contributed by atoms with Crippen molar-refractivity contribution >= 4 is 0 Å². The van der Waals surface area contributed by atoms with Gasteiger partial charge >= 0.3 is 0 Å². The van der Waals surface area contributed by atoms with Crippen LogP contribution in [0, 0.1) is 11.8 Å². The van der Waals surface area contributed by atoms with E-state index in [-0.39, 0.29) is 0 Å². The number of hydrogen-bond donors (Lipinski definition) is 1. The van der Waals surface area contributed by atoms with E-state index in [0.717, 1.165) is 25.0 Å². The molecule has 0 aromatic heterocycles. The number of ether oxygens (including phenoxy) is 1. The molecule has 2 nitrogen and oxygen atoms in total. The summed E-state index contributed by atoms with van der Waals surface area (Å²) >= 11 is 0. The van der Waals surface area contributed by atoms with Crippen LogP contribution in [-0.4, -0.2) is 20.3 Å². The maximum atomic E-state index is 5.30. The third kappa shape index (κ3) is 3.83. The number of benzene rings is 1. The number of nitrogens with one attached hydrogen (secondary N) is 1. The molecule has 2 atom stereocenters. The Hall–Kier alpha value is -0.860. The van der Waals surface area contributed by atoms with Gasteiger partial charge in [0.1, 0.15) is 0 Å². The molecule has 1 aliphatic carbocycles. The van der Waals surface area contributed by atoms with Crippen molar-refractivity contribution in [1.82, 2.24) is 5.32 Å². The summed E-state index contributed by atoms with van der Waals surface area (Å²) < 4.78 is 5.30. The van der Waals surface area contributed by atoms with Crippen molar-refractivity contribution in [3.63, 3.8) is 0 Å². The Morgan fingerprint density at radius 3 is 2.59 bits per heavy atom. The molecule has 0 bridgehead atoms. The minimum atomic E-state index is 0.322. The lowest BCUT2D eigenvalue weighted by Crippen LogP contribution is -2.29. The van der Waals surface area contributed by atoms with E-state index in [4.69, 9.17) is 4.74 Å². The Morgan fingerprint density at radius 1 is 1.29 bits per heavy atom. The Bertz CT molecular complexity index is 321. The summed E-state index contributed by atoms with van der Waals surface area (Å²) in [4.78, 5) is 0. The summed E-state index contributed by atoms with van der Waals surface area (Å²) in [5, 5.41) is 3.63. The molecule has 94 valence electrons. The highest BCUT2D eigenvalue weighted by atomic mass is 16.5. The Kier molecular flexibility index (Phi) is 4.57. The smallest absolute Gasteiger partial charge is 0.0657 e. The Labute approximate surface area is 104 Å². The summed E-state index contributed by atoms with van der Waals surface area (Å²) in [6, 6.07) is 10.9. The second-order valence-corrected chi connectivity index (χ2v) is 5.14. The van der Waals surface area contributed by atoms with Crippen LogP contribution in [0.5, 0.6) is 0 Å². The average Bonchev–Trinajstić information content (AvgIpc) is 3.19. The summed E-state index contributed by atoms with van der Waals surface area (Å²) in [5.74, 6) is 1.75. The van der Waals surface area contributed by atoms with Crippen molar-refractivity contribution < 1.29 is 4.74 Å². The topological polar surface area (TPSA) is 21.3 Å². The van der Waals surface area contributed by atoms with Gasteiger partial charge in [-0.05, 0) is 36.8 Å². The predicted molar refractivity (Wildman–Crippen MR) is 70.9 cm³/mol. The van der Waals surface area contributed by atoms with Crippen LogP contribution in [0.3, 0.4) is 0 Å². The van der Waals surface area contributed by atoms with Crippen LogP contribution in [0.15, 0.2) is 30.3 Å². The SMILES string of the molecule is COCC(NCC(C)C1CC1)c1ccccc1. The van der Waals surface area contributed by atoms with Crippen LogP contribution in [0.4, 0.5) is 0 Å². The lowest BCUT2D eigenvalue weighted by Gasteiger charge is -2.21. The zero-order chi connectivity index (χ0) is 12.1. The minimum Gasteiger partial charge on any atom is -0.383 e. The van der Waals surface area contributed by atoms with Crippen molar-refractivity contribution in [2.24, 2.45) is 11.8 Å². The highest BCUT2D eigenvalue weighted by Crippen LogP contribution is 2.36. The van der Waals surface area contributed by atoms with Gasteiger partial charge in [0, 0.05) is 7.11 Å². The van der Waals surface area contributed by atoms with E-state index in [1.807, 2.05) is 0 Å². The Morgan fingerprint density at radius 2 is 2.00 bits per heavy atom. The number of methoxy groups -OCH3 is 1. The zero-order valence-electron chi connectivity index (χ0n) is 10.9. The van der Waals surface area contributed by atoms with Crippen molar-refractivity contribution in [3.05, 3.63) is 35.9 Å². The molecule has 1 fully saturated rings. The second-order valence-electron chi connectivity index (χ2n) is 5.14. The maximum Gasteiger partial charge on any atom is 0.0657 e. The molecular formula is C15H23NO. The number of rotatable bonds is 7. The molecule has 0 spiro atoms. The van der Waals surface area contributed by atoms with E-state index >= 15 is 0 Å². The highest BCUT2D eigenvalue weighted by Gasteiger charge is 2.28. The van der Waals surface area contributed by atoms with E-state index in [9.17, 15) is 0 Å². The predicted octanol–water partition coefficient (Wildman–Crippen LogP) is 3.01. The molecule has 0 heterocycles. The first-order chi connectivity index (χ1) is 8.31.